The molecule has 0 unspecified atom stereocenters. The molecule has 6 nitrogen and oxygen atoms in total. The number of hydrogen-bond donors (Lipinski definition) is 2. The number of nitrogens with two attached hydrogens (primary N) is 1. The minimum absolute atomic E-state index is 0.0633. The Bertz CT molecular complexity index is 842. The lowest BCUT2D eigenvalue weighted by molar-refractivity contribution is 0.140. The number of rotatable bonds is 8. The molecule has 3 N–H and O–H groups in total. The third kappa shape index (κ3) is 6.67. The number of alkyl halides is 2. The van der Waals surface area contributed by atoms with Crippen LogP contribution in [0.25, 0.3) is 11.1 Å². The van der Waals surface area contributed by atoms with Crippen molar-refractivity contribution in [1.82, 2.24) is 10.3 Å². The van der Waals surface area contributed by atoms with Crippen molar-refractivity contribution in [3.8, 4) is 22.8 Å². The fourth-order valence-corrected chi connectivity index (χ4v) is 3.05. The summed E-state index contributed by atoms with van der Waals surface area (Å²) in [7, 11) is 1.42. The van der Waals surface area contributed by atoms with Gasteiger partial charge in [0.25, 0.3) is 6.43 Å². The van der Waals surface area contributed by atoms with Gasteiger partial charge >= 0.3 is 6.09 Å². The first-order valence-corrected chi connectivity index (χ1v) is 9.31. The number of carbonyl (C=O) groups excluding carboxylic acids is 1. The lowest BCUT2D eigenvalue weighted by Crippen LogP contribution is -2.43. The predicted molar refractivity (Wildman–Crippen MR) is 107 cm³/mol. The Morgan fingerprint density at radius 3 is 2.55 bits per heavy atom. The van der Waals surface area contributed by atoms with Crippen molar-refractivity contribution in [1.29, 1.82) is 0 Å². The fraction of sp³-hybridized carbons (Fsp3) is 0.429. The van der Waals surface area contributed by atoms with E-state index >= 15 is 0 Å². The van der Waals surface area contributed by atoms with E-state index in [1.54, 1.807) is 12.1 Å². The van der Waals surface area contributed by atoms with Crippen molar-refractivity contribution in [2.75, 3.05) is 13.7 Å². The van der Waals surface area contributed by atoms with E-state index in [1.165, 1.54) is 31.4 Å². The summed E-state index contributed by atoms with van der Waals surface area (Å²) in [6, 6.07) is 7.66. The Kier molecular flexibility index (Phi) is 7.50. The highest BCUT2D eigenvalue weighted by Gasteiger charge is 2.23. The molecule has 8 heteroatoms. The molecule has 0 spiro atoms. The zero-order valence-electron chi connectivity index (χ0n) is 17.0. The zero-order chi connectivity index (χ0) is 21.6. The van der Waals surface area contributed by atoms with E-state index in [0.29, 0.717) is 23.5 Å². The van der Waals surface area contributed by atoms with Crippen LogP contribution >= 0.6 is 0 Å². The van der Waals surface area contributed by atoms with Gasteiger partial charge in [-0.1, -0.05) is 19.9 Å². The number of ether oxygens (including phenoxy) is 2. The van der Waals surface area contributed by atoms with Gasteiger partial charge in [-0.3, -0.25) is 0 Å². The van der Waals surface area contributed by atoms with Crippen LogP contribution in [0.2, 0.25) is 0 Å². The summed E-state index contributed by atoms with van der Waals surface area (Å²) in [6.07, 6.45) is -1.24. The molecule has 0 bridgehead atoms. The molecular formula is C21H27F2N3O3. The Hall–Kier alpha value is -2.74. The average molecular weight is 407 g/mol. The first-order valence-electron chi connectivity index (χ1n) is 9.31. The summed E-state index contributed by atoms with van der Waals surface area (Å²) >= 11 is 0. The molecule has 0 fully saturated rings. The summed E-state index contributed by atoms with van der Waals surface area (Å²) in [5.74, 6) is 0.525. The standard InChI is InChI=1S/C21H27F2N3O3/c1-13(2)11-21(3,24)12-28-17-6-5-14(9-16(17)19(22)23)15-7-8-26-18(10-15)29-20(27)25-4/h5-10,13,19H,11-12,24H2,1-4H3,(H,25,27)/t21-/m0/s1. The Balaban J connectivity index is 2.26. The molecule has 0 aliphatic rings. The first kappa shape index (κ1) is 22.5. The molecule has 0 aliphatic heterocycles. The van der Waals surface area contributed by atoms with Crippen LogP contribution in [-0.2, 0) is 0 Å². The van der Waals surface area contributed by atoms with Crippen LogP contribution < -0.4 is 20.5 Å². The molecule has 1 amide bonds. The molecule has 1 heterocycles. The summed E-state index contributed by atoms with van der Waals surface area (Å²) < 4.78 is 37.9. The number of pyridine rings is 1. The van der Waals surface area contributed by atoms with Crippen molar-refractivity contribution in [2.45, 2.75) is 39.2 Å². The largest absolute Gasteiger partial charge is 0.491 e. The molecule has 0 saturated heterocycles. The highest BCUT2D eigenvalue weighted by Crippen LogP contribution is 2.34. The molecule has 1 atom stereocenters. The molecule has 158 valence electrons. The van der Waals surface area contributed by atoms with Gasteiger partial charge in [-0.15, -0.1) is 0 Å². The maximum Gasteiger partial charge on any atom is 0.413 e. The number of hydrogen-bond acceptors (Lipinski definition) is 5. The third-order valence-corrected chi connectivity index (χ3v) is 4.15. The van der Waals surface area contributed by atoms with Crippen LogP contribution in [0.3, 0.4) is 0 Å². The van der Waals surface area contributed by atoms with Gasteiger partial charge < -0.3 is 20.5 Å². The number of nitrogens with zero attached hydrogens (tertiary/aromatic N) is 1. The molecule has 29 heavy (non-hydrogen) atoms. The van der Waals surface area contributed by atoms with E-state index in [2.05, 4.69) is 10.3 Å². The van der Waals surface area contributed by atoms with Gasteiger partial charge in [-0.05, 0) is 48.6 Å². The number of carbonyl (C=O) groups is 1. The number of benzene rings is 1. The van der Waals surface area contributed by atoms with Crippen molar-refractivity contribution in [2.24, 2.45) is 11.7 Å². The van der Waals surface area contributed by atoms with Crippen LogP contribution in [0.15, 0.2) is 36.5 Å². The zero-order valence-corrected chi connectivity index (χ0v) is 17.0. The number of amides is 1. The van der Waals surface area contributed by atoms with Crippen LogP contribution in [0.4, 0.5) is 13.6 Å². The highest BCUT2D eigenvalue weighted by molar-refractivity contribution is 5.71. The van der Waals surface area contributed by atoms with Crippen molar-refractivity contribution in [3.63, 3.8) is 0 Å². The Morgan fingerprint density at radius 1 is 1.24 bits per heavy atom. The van der Waals surface area contributed by atoms with Crippen molar-refractivity contribution < 1.29 is 23.0 Å². The van der Waals surface area contributed by atoms with Crippen molar-refractivity contribution >= 4 is 6.09 Å². The van der Waals surface area contributed by atoms with E-state index in [4.69, 9.17) is 15.2 Å². The third-order valence-electron chi connectivity index (χ3n) is 4.15. The SMILES string of the molecule is CNC(=O)Oc1cc(-c2ccc(OC[C@@](C)(N)CC(C)C)c(C(F)F)c2)ccn1. The highest BCUT2D eigenvalue weighted by atomic mass is 19.3. The van der Waals surface area contributed by atoms with Gasteiger partial charge in [0, 0.05) is 24.8 Å². The topological polar surface area (TPSA) is 86.5 Å². The minimum atomic E-state index is -2.72. The van der Waals surface area contributed by atoms with Crippen molar-refractivity contribution in [3.05, 3.63) is 42.1 Å². The Labute approximate surface area is 169 Å². The lowest BCUT2D eigenvalue weighted by atomic mass is 9.93. The summed E-state index contributed by atoms with van der Waals surface area (Å²) in [5, 5.41) is 2.31. The van der Waals surface area contributed by atoms with Crippen LogP contribution in [0.5, 0.6) is 11.6 Å². The van der Waals surface area contributed by atoms with E-state index < -0.39 is 18.1 Å². The molecule has 0 radical (unpaired) electrons. The summed E-state index contributed by atoms with van der Waals surface area (Å²) in [4.78, 5) is 15.3. The number of halogens is 2. The monoisotopic (exact) mass is 407 g/mol. The summed E-state index contributed by atoms with van der Waals surface area (Å²) in [6.45, 7) is 6.06. The van der Waals surface area contributed by atoms with Gasteiger partial charge in [-0.2, -0.15) is 0 Å². The van der Waals surface area contributed by atoms with Gasteiger partial charge in [-0.25, -0.2) is 18.6 Å². The van der Waals surface area contributed by atoms with Crippen LogP contribution in [-0.4, -0.2) is 30.3 Å². The molecule has 2 aromatic rings. The van der Waals surface area contributed by atoms with Crippen LogP contribution in [0, 0.1) is 5.92 Å². The van der Waals surface area contributed by atoms with E-state index in [1.807, 2.05) is 20.8 Å². The van der Waals surface area contributed by atoms with Gasteiger partial charge in [0.2, 0.25) is 5.88 Å². The maximum atomic E-state index is 13.6. The molecule has 1 aromatic heterocycles. The molecule has 0 aliphatic carbocycles. The van der Waals surface area contributed by atoms with E-state index in [0.717, 1.165) is 0 Å². The average Bonchev–Trinajstić information content (AvgIpc) is 2.65. The van der Waals surface area contributed by atoms with Gasteiger partial charge in [0.05, 0.1) is 5.56 Å². The number of nitrogens with one attached hydrogen (secondary N) is 1. The summed E-state index contributed by atoms with van der Waals surface area (Å²) in [5.41, 5.74) is 6.47. The molecule has 1 aromatic carbocycles. The quantitative estimate of drug-likeness (QED) is 0.671. The first-order chi connectivity index (χ1) is 13.6. The number of aromatic nitrogens is 1. The maximum absolute atomic E-state index is 13.6. The lowest BCUT2D eigenvalue weighted by Gasteiger charge is -2.27. The fourth-order valence-electron chi connectivity index (χ4n) is 3.05. The second kappa shape index (κ2) is 9.65. The normalized spacial score (nSPS) is 13.3. The molecule has 2 rings (SSSR count). The second-order valence-electron chi connectivity index (χ2n) is 7.62. The minimum Gasteiger partial charge on any atom is -0.491 e. The van der Waals surface area contributed by atoms with Gasteiger partial charge in [0.15, 0.2) is 0 Å². The van der Waals surface area contributed by atoms with Crippen LogP contribution in [0.1, 0.15) is 39.2 Å². The van der Waals surface area contributed by atoms with E-state index in [-0.39, 0.29) is 23.8 Å². The molecular weight excluding hydrogens is 380 g/mol. The predicted octanol–water partition coefficient (Wildman–Crippen LogP) is 4.55. The Morgan fingerprint density at radius 2 is 1.93 bits per heavy atom. The smallest absolute Gasteiger partial charge is 0.413 e. The van der Waals surface area contributed by atoms with Gasteiger partial charge in [0.1, 0.15) is 12.4 Å². The van der Waals surface area contributed by atoms with E-state index in [9.17, 15) is 13.6 Å². The molecule has 0 saturated carbocycles. The second-order valence-corrected chi connectivity index (χ2v) is 7.62.